The molecule has 1 amide bonds. The molecule has 4 fully saturated rings. The topological polar surface area (TPSA) is 258 Å². The number of anilines is 1. The number of carboxylic acids is 2. The van der Waals surface area contributed by atoms with Gasteiger partial charge < -0.3 is 55.5 Å². The molecule has 0 aromatic heterocycles. The summed E-state index contributed by atoms with van der Waals surface area (Å²) in [5.74, 6) is -1.70. The molecule has 0 unspecified atom stereocenters. The van der Waals surface area contributed by atoms with Crippen LogP contribution in [0.5, 0.6) is 11.5 Å². The number of ketones is 2. The third-order valence-corrected chi connectivity index (χ3v) is 13.7. The molecule has 5 aliphatic rings. The smallest absolute Gasteiger partial charge is 0.328 e. The first-order valence-corrected chi connectivity index (χ1v) is 21.7. The van der Waals surface area contributed by atoms with Gasteiger partial charge in [0.15, 0.2) is 23.5 Å². The fraction of sp³-hybridized carbons (Fsp3) is 0.521. The van der Waals surface area contributed by atoms with Gasteiger partial charge in [-0.25, -0.2) is 9.59 Å². The van der Waals surface area contributed by atoms with E-state index in [-0.39, 0.29) is 52.2 Å². The number of fused-ring (bicyclic) bond motifs is 7. The first-order chi connectivity index (χ1) is 30.4. The minimum atomic E-state index is -1.26. The van der Waals surface area contributed by atoms with Gasteiger partial charge in [0.05, 0.1) is 31.1 Å². The molecule has 0 spiro atoms. The van der Waals surface area contributed by atoms with E-state index in [1.165, 1.54) is 11.6 Å². The van der Waals surface area contributed by atoms with E-state index < -0.39 is 54.2 Å². The zero-order chi connectivity index (χ0) is 47.0. The van der Waals surface area contributed by atoms with Gasteiger partial charge in [-0.05, 0) is 105 Å². The van der Waals surface area contributed by atoms with Crippen LogP contribution in [0.25, 0.3) is 0 Å². The van der Waals surface area contributed by atoms with Gasteiger partial charge in [0.2, 0.25) is 6.41 Å². The predicted octanol–water partition coefficient (Wildman–Crippen LogP) is 4.65. The minimum absolute atomic E-state index is 0.0125. The molecule has 1 heterocycles. The van der Waals surface area contributed by atoms with Crippen molar-refractivity contribution in [3.8, 4) is 11.5 Å². The molecule has 1 aliphatic heterocycles. The average Bonchev–Trinajstić information content (AvgIpc) is 3.75. The highest BCUT2D eigenvalue weighted by Gasteiger charge is 2.75. The lowest BCUT2D eigenvalue weighted by Gasteiger charge is -2.59. The van der Waals surface area contributed by atoms with E-state index in [2.05, 4.69) is 31.4 Å². The lowest BCUT2D eigenvalue weighted by molar-refractivity contribution is -0.200. The first kappa shape index (κ1) is 49.8. The van der Waals surface area contributed by atoms with Crippen LogP contribution in [0.4, 0.5) is 5.69 Å². The molecular weight excluding hydrogens is 829 g/mol. The summed E-state index contributed by atoms with van der Waals surface area (Å²) in [5.41, 5.74) is 1.02. The number of hydrogen-bond acceptors (Lipinski definition) is 13. The number of carbonyl (C=O) groups is 5. The third-order valence-electron chi connectivity index (χ3n) is 13.7. The normalized spacial score (nSPS) is 30.7. The number of benzene rings is 2. The maximum atomic E-state index is 13.2. The molecule has 16 nitrogen and oxygen atoms in total. The van der Waals surface area contributed by atoms with Gasteiger partial charge in [-0.1, -0.05) is 57.0 Å². The number of rotatable bonds is 15. The Morgan fingerprint density at radius 1 is 1.06 bits per heavy atom. The Kier molecular flexibility index (Phi) is 16.5. The highest BCUT2D eigenvalue weighted by Crippen LogP contribution is 2.69. The predicted molar refractivity (Wildman–Crippen MR) is 234 cm³/mol. The average molecular weight is 891 g/mol. The fourth-order valence-electron chi connectivity index (χ4n) is 10.8. The molecule has 2 aromatic carbocycles. The van der Waals surface area contributed by atoms with E-state index >= 15 is 0 Å². The van der Waals surface area contributed by atoms with Crippen LogP contribution in [0.2, 0.25) is 0 Å². The number of phenols is 1. The third kappa shape index (κ3) is 10.5. The zero-order valence-corrected chi connectivity index (χ0v) is 36.9. The zero-order valence-electron chi connectivity index (χ0n) is 36.9. The highest BCUT2D eigenvalue weighted by molar-refractivity contribution is 6.01. The summed E-state index contributed by atoms with van der Waals surface area (Å²) >= 11 is 0. The minimum Gasteiger partial charge on any atom is -0.506 e. The van der Waals surface area contributed by atoms with Crippen LogP contribution < -0.4 is 15.4 Å². The Balaban J connectivity index is 0.000000210. The molecule has 1 saturated heterocycles. The fourth-order valence-corrected chi connectivity index (χ4v) is 10.8. The van der Waals surface area contributed by atoms with Crippen molar-refractivity contribution in [1.82, 2.24) is 5.32 Å². The molecular formula is C48H62N2O14. The second-order valence-electron chi connectivity index (χ2n) is 17.7. The van der Waals surface area contributed by atoms with Crippen molar-refractivity contribution in [2.24, 2.45) is 28.6 Å². The van der Waals surface area contributed by atoms with Crippen molar-refractivity contribution in [3.05, 3.63) is 89.5 Å². The van der Waals surface area contributed by atoms with Gasteiger partial charge >= 0.3 is 11.9 Å². The van der Waals surface area contributed by atoms with Crippen molar-refractivity contribution in [3.63, 3.8) is 0 Å². The Morgan fingerprint density at radius 2 is 1.75 bits per heavy atom. The van der Waals surface area contributed by atoms with Crippen LogP contribution in [0.15, 0.2) is 78.4 Å². The number of aliphatic hydroxyl groups is 3. The van der Waals surface area contributed by atoms with E-state index in [1.54, 1.807) is 31.4 Å². The molecule has 16 heteroatoms. The summed E-state index contributed by atoms with van der Waals surface area (Å²) < 4.78 is 17.8. The van der Waals surface area contributed by atoms with E-state index in [0.29, 0.717) is 49.9 Å². The molecule has 64 heavy (non-hydrogen) atoms. The van der Waals surface area contributed by atoms with Gasteiger partial charge in [-0.2, -0.15) is 0 Å². The number of methoxy groups -OCH3 is 1. The van der Waals surface area contributed by atoms with Gasteiger partial charge in [0.1, 0.15) is 18.1 Å². The number of carbonyl (C=O) groups excluding carboxylic acids is 3. The quantitative estimate of drug-likeness (QED) is 0.0688. The number of aliphatic carboxylic acids is 2. The molecule has 0 radical (unpaired) electrons. The second-order valence-corrected chi connectivity index (χ2v) is 17.7. The van der Waals surface area contributed by atoms with E-state index in [0.717, 1.165) is 37.0 Å². The largest absolute Gasteiger partial charge is 0.506 e. The van der Waals surface area contributed by atoms with Crippen LogP contribution in [0.3, 0.4) is 0 Å². The van der Waals surface area contributed by atoms with Crippen molar-refractivity contribution < 1.29 is 68.8 Å². The number of nitrogens with one attached hydrogen (secondary N) is 2. The van der Waals surface area contributed by atoms with Crippen LogP contribution in [-0.2, 0) is 39.9 Å². The number of Topliss-reactive ketones (excluding diaryl/α,β-unsaturated/α-hetero) is 1. The van der Waals surface area contributed by atoms with E-state index in [1.807, 2.05) is 37.3 Å². The summed E-state index contributed by atoms with van der Waals surface area (Å²) in [6, 6.07) is 12.7. The van der Waals surface area contributed by atoms with Crippen molar-refractivity contribution in [2.75, 3.05) is 25.6 Å². The van der Waals surface area contributed by atoms with Gasteiger partial charge in [-0.15, -0.1) is 0 Å². The Hall–Kier alpha value is -5.23. The summed E-state index contributed by atoms with van der Waals surface area (Å²) in [6.45, 7) is 8.09. The molecule has 11 atom stereocenters. The molecule has 3 saturated carbocycles. The number of aromatic hydroxyl groups is 1. The van der Waals surface area contributed by atoms with Crippen LogP contribution >= 0.6 is 0 Å². The summed E-state index contributed by atoms with van der Waals surface area (Å²) in [6.07, 6.45) is 10.00. The second kappa shape index (κ2) is 21.2. The first-order valence-electron chi connectivity index (χ1n) is 21.7. The Labute approximate surface area is 373 Å². The van der Waals surface area contributed by atoms with Crippen LogP contribution in [0.1, 0.15) is 83.5 Å². The summed E-state index contributed by atoms with van der Waals surface area (Å²) in [7, 11) is 1.64. The molecule has 8 N–H and O–H groups in total. The number of carboxylic acid groups (broad SMARTS) is 2. The molecule has 4 aliphatic carbocycles. The number of aliphatic hydroxyl groups excluding tert-OH is 3. The SMILES string of the molecule is CCC[C@@H]1O[C@@H]2C[C@H]3[C@@H]4CCC5=CC(=O)C=C[C@]5(C)[C@H]4[C@@H](O)C[C@]3(C)[C@]2(C(=O)CO)O1.COc1ccc(C[C@@H](C)NC[C@H](O)c2ccc(O)c(NC=O)c2)cc1.O=C(O)/C=C/C(=O)O. The van der Waals surface area contributed by atoms with Crippen LogP contribution in [-0.4, -0.2) is 111 Å². The van der Waals surface area contributed by atoms with Gasteiger partial charge in [0.25, 0.3) is 0 Å². The number of hydrogen-bond donors (Lipinski definition) is 8. The molecule has 7 rings (SSSR count). The molecule has 2 aromatic rings. The lowest BCUT2D eigenvalue weighted by Crippen LogP contribution is -2.63. The van der Waals surface area contributed by atoms with Crippen molar-refractivity contribution in [2.45, 2.75) is 109 Å². The lowest BCUT2D eigenvalue weighted by atomic mass is 9.46. The standard InChI is InChI=1S/C25H34O6.C19H24N2O4.C4H4O4/c1-4-5-21-30-20-11-17-16-7-6-14-10-15(27)8-9-23(14,2)22(16)18(28)12-24(17,3)25(20,31-21)19(29)13-26;1-13(9-14-3-6-16(25-2)7-4-14)20-11-19(24)15-5-8-18(23)17(10-15)21-12-22;5-3(6)1-2-4(7)8/h8-10,16-18,20-22,26,28H,4-7,11-13H2,1-3H3;3-8,10,12-13,19-20,23-24H,9,11H2,1-2H3,(H,21,22);1-2H,(H,5,6)(H,7,8)/b;;2-1+/t16-,17-,18-,20+,21+,22+,23-,24-,25+;13-,19+;/m01./s1. The van der Waals surface area contributed by atoms with Crippen LogP contribution in [0, 0.1) is 28.6 Å². The highest BCUT2D eigenvalue weighted by atomic mass is 16.7. The summed E-state index contributed by atoms with van der Waals surface area (Å²) in [5, 5.41) is 62.7. The number of amides is 1. The Morgan fingerprint density at radius 3 is 2.36 bits per heavy atom. The monoisotopic (exact) mass is 890 g/mol. The maximum absolute atomic E-state index is 13.2. The maximum Gasteiger partial charge on any atom is 0.328 e. The van der Waals surface area contributed by atoms with Crippen molar-refractivity contribution in [1.29, 1.82) is 0 Å². The van der Waals surface area contributed by atoms with Gasteiger partial charge in [0, 0.05) is 41.5 Å². The number of ether oxygens (including phenoxy) is 3. The molecule has 0 bridgehead atoms. The van der Waals surface area contributed by atoms with Gasteiger partial charge in [-0.3, -0.25) is 14.4 Å². The Bertz CT molecular complexity index is 2090. The summed E-state index contributed by atoms with van der Waals surface area (Å²) in [4.78, 5) is 54.8. The molecule has 348 valence electrons. The van der Waals surface area contributed by atoms with E-state index in [9.17, 15) is 44.4 Å². The van der Waals surface area contributed by atoms with Crippen molar-refractivity contribution >= 4 is 35.6 Å². The number of allylic oxidation sites excluding steroid dienone is 4. The number of phenolic OH excluding ortho intramolecular Hbond substituents is 1. The van der Waals surface area contributed by atoms with E-state index in [4.69, 9.17) is 24.4 Å².